The van der Waals surface area contributed by atoms with Gasteiger partial charge in [0, 0.05) is 6.92 Å². The SMILES string of the molecule is CC(=O)OC(c1noc(C(F)(F)F)n1)[C@@H](NC(=O)OCc1ccccc1)C(C)C. The van der Waals surface area contributed by atoms with E-state index in [-0.39, 0.29) is 12.5 Å². The van der Waals surface area contributed by atoms with Crippen molar-refractivity contribution in [1.82, 2.24) is 15.5 Å². The number of rotatable bonds is 7. The zero-order valence-electron chi connectivity index (χ0n) is 15.9. The van der Waals surface area contributed by atoms with E-state index in [9.17, 15) is 22.8 Å². The Morgan fingerprint density at radius 3 is 2.38 bits per heavy atom. The van der Waals surface area contributed by atoms with Gasteiger partial charge in [-0.2, -0.15) is 18.2 Å². The van der Waals surface area contributed by atoms with Crippen molar-refractivity contribution in [2.24, 2.45) is 5.92 Å². The van der Waals surface area contributed by atoms with Gasteiger partial charge in [0.05, 0.1) is 6.04 Å². The van der Waals surface area contributed by atoms with Crippen LogP contribution in [0.2, 0.25) is 0 Å². The molecule has 1 aromatic heterocycles. The van der Waals surface area contributed by atoms with E-state index in [0.717, 1.165) is 12.5 Å². The van der Waals surface area contributed by atoms with E-state index >= 15 is 0 Å². The molecule has 1 N–H and O–H groups in total. The van der Waals surface area contributed by atoms with Crippen LogP contribution in [0.1, 0.15) is 44.2 Å². The van der Waals surface area contributed by atoms with Crippen LogP contribution in [0.25, 0.3) is 0 Å². The van der Waals surface area contributed by atoms with Crippen LogP contribution in [0.5, 0.6) is 0 Å². The molecule has 0 aliphatic heterocycles. The molecule has 11 heteroatoms. The van der Waals surface area contributed by atoms with Crippen LogP contribution in [-0.4, -0.2) is 28.2 Å². The summed E-state index contributed by atoms with van der Waals surface area (Å²) >= 11 is 0. The molecule has 2 atom stereocenters. The summed E-state index contributed by atoms with van der Waals surface area (Å²) in [5.74, 6) is -3.27. The first-order valence-electron chi connectivity index (χ1n) is 8.63. The number of nitrogens with zero attached hydrogens (tertiary/aromatic N) is 2. The lowest BCUT2D eigenvalue weighted by molar-refractivity contribution is -0.159. The summed E-state index contributed by atoms with van der Waals surface area (Å²) in [6.07, 6.45) is -7.11. The standard InChI is InChI=1S/C18H20F3N3O5/c1-10(2)13(22-17(26)27-9-12-7-5-4-6-8-12)14(28-11(3)25)15-23-16(29-24-15)18(19,20)21/h4-8,10,13-14H,9H2,1-3H3,(H,22,26)/t13-,14?/m0/s1. The van der Waals surface area contributed by atoms with Crippen LogP contribution >= 0.6 is 0 Å². The first-order valence-corrected chi connectivity index (χ1v) is 8.63. The molecule has 0 aliphatic rings. The number of benzene rings is 1. The Morgan fingerprint density at radius 1 is 1.21 bits per heavy atom. The van der Waals surface area contributed by atoms with Crippen molar-refractivity contribution in [2.45, 2.75) is 45.7 Å². The topological polar surface area (TPSA) is 104 Å². The molecule has 1 amide bonds. The summed E-state index contributed by atoms with van der Waals surface area (Å²) in [6, 6.07) is 7.90. The van der Waals surface area contributed by atoms with Gasteiger partial charge in [-0.1, -0.05) is 49.3 Å². The molecule has 8 nitrogen and oxygen atoms in total. The first kappa shape index (κ1) is 22.2. The molecule has 0 saturated heterocycles. The lowest BCUT2D eigenvalue weighted by Crippen LogP contribution is -2.44. The Bertz CT molecular complexity index is 824. The van der Waals surface area contributed by atoms with Crippen molar-refractivity contribution in [3.8, 4) is 0 Å². The highest BCUT2D eigenvalue weighted by molar-refractivity contribution is 5.68. The van der Waals surface area contributed by atoms with Crippen LogP contribution < -0.4 is 5.32 Å². The highest BCUT2D eigenvalue weighted by atomic mass is 19.4. The molecule has 2 aromatic rings. The van der Waals surface area contributed by atoms with E-state index < -0.39 is 42.1 Å². The monoisotopic (exact) mass is 415 g/mol. The van der Waals surface area contributed by atoms with Crippen LogP contribution in [-0.2, 0) is 27.1 Å². The highest BCUT2D eigenvalue weighted by Gasteiger charge is 2.41. The number of alkyl carbamates (subject to hydrolysis) is 1. The molecule has 158 valence electrons. The molecule has 0 bridgehead atoms. The molecule has 0 spiro atoms. The average molecular weight is 415 g/mol. The van der Waals surface area contributed by atoms with Gasteiger partial charge < -0.3 is 19.3 Å². The van der Waals surface area contributed by atoms with Gasteiger partial charge in [-0.15, -0.1) is 0 Å². The minimum atomic E-state index is -4.86. The number of hydrogen-bond acceptors (Lipinski definition) is 7. The first-order chi connectivity index (χ1) is 13.6. The number of nitrogens with one attached hydrogen (secondary N) is 1. The third kappa shape index (κ3) is 6.47. The Labute approximate surface area is 164 Å². The summed E-state index contributed by atoms with van der Waals surface area (Å²) in [4.78, 5) is 26.9. The van der Waals surface area contributed by atoms with Gasteiger partial charge in [0.2, 0.25) is 5.82 Å². The molecule has 0 aliphatic carbocycles. The number of ether oxygens (including phenoxy) is 2. The number of hydrogen-bond donors (Lipinski definition) is 1. The van der Waals surface area contributed by atoms with Gasteiger partial charge >= 0.3 is 24.1 Å². The van der Waals surface area contributed by atoms with Crippen molar-refractivity contribution in [3.63, 3.8) is 0 Å². The van der Waals surface area contributed by atoms with E-state index in [1.165, 1.54) is 0 Å². The molecule has 29 heavy (non-hydrogen) atoms. The number of halogens is 3. The van der Waals surface area contributed by atoms with Crippen molar-refractivity contribution in [3.05, 3.63) is 47.6 Å². The maximum Gasteiger partial charge on any atom is 0.471 e. The maximum absolute atomic E-state index is 12.8. The van der Waals surface area contributed by atoms with Crippen molar-refractivity contribution in [1.29, 1.82) is 0 Å². The summed E-state index contributed by atoms with van der Waals surface area (Å²) in [5.41, 5.74) is 0.744. The Hall–Kier alpha value is -3.11. The number of amides is 1. The van der Waals surface area contributed by atoms with Gasteiger partial charge in [0.1, 0.15) is 6.61 Å². The summed E-state index contributed by atoms with van der Waals surface area (Å²) in [6.45, 7) is 4.39. The minimum absolute atomic E-state index is 0.0177. The zero-order chi connectivity index (χ0) is 21.6. The molecule has 2 rings (SSSR count). The molecular weight excluding hydrogens is 395 g/mol. The Morgan fingerprint density at radius 2 is 1.86 bits per heavy atom. The predicted molar refractivity (Wildman–Crippen MR) is 92.2 cm³/mol. The van der Waals surface area contributed by atoms with Gasteiger partial charge in [-0.05, 0) is 11.5 Å². The van der Waals surface area contributed by atoms with Crippen molar-refractivity contribution < 1.29 is 36.8 Å². The summed E-state index contributed by atoms with van der Waals surface area (Å²) in [7, 11) is 0. The van der Waals surface area contributed by atoms with Crippen molar-refractivity contribution in [2.75, 3.05) is 0 Å². The molecule has 1 heterocycles. The van der Waals surface area contributed by atoms with E-state index in [1.54, 1.807) is 38.1 Å². The lowest BCUT2D eigenvalue weighted by atomic mass is 9.98. The molecule has 0 saturated carbocycles. The second kappa shape index (κ2) is 9.39. The summed E-state index contributed by atoms with van der Waals surface area (Å²) in [5, 5.41) is 5.76. The predicted octanol–water partition coefficient (Wildman–Crippen LogP) is 3.64. The number of aromatic nitrogens is 2. The molecule has 0 fully saturated rings. The zero-order valence-corrected chi connectivity index (χ0v) is 15.9. The van der Waals surface area contributed by atoms with Crippen LogP contribution in [0.4, 0.5) is 18.0 Å². The van der Waals surface area contributed by atoms with E-state index in [4.69, 9.17) is 9.47 Å². The normalized spacial score (nSPS) is 13.6. The molecule has 0 radical (unpaired) electrons. The number of carbonyl (C=O) groups is 2. The van der Waals surface area contributed by atoms with Gasteiger partial charge in [-0.3, -0.25) is 4.79 Å². The van der Waals surface area contributed by atoms with E-state index in [0.29, 0.717) is 0 Å². The van der Waals surface area contributed by atoms with Gasteiger partial charge in [0.25, 0.3) is 0 Å². The largest absolute Gasteiger partial charge is 0.471 e. The third-order valence-corrected chi connectivity index (χ3v) is 3.77. The third-order valence-electron chi connectivity index (χ3n) is 3.77. The maximum atomic E-state index is 12.8. The molecule has 1 unspecified atom stereocenters. The fourth-order valence-electron chi connectivity index (χ4n) is 2.42. The minimum Gasteiger partial charge on any atom is -0.452 e. The number of esters is 1. The Balaban J connectivity index is 2.17. The van der Waals surface area contributed by atoms with Crippen molar-refractivity contribution >= 4 is 12.1 Å². The summed E-state index contributed by atoms with van der Waals surface area (Å²) < 4.78 is 52.7. The lowest BCUT2D eigenvalue weighted by Gasteiger charge is -2.28. The van der Waals surface area contributed by atoms with Crippen LogP contribution in [0, 0.1) is 5.92 Å². The molecule has 1 aromatic carbocycles. The second-order valence-corrected chi connectivity index (χ2v) is 6.46. The quantitative estimate of drug-likeness (QED) is 0.689. The number of carbonyl (C=O) groups excluding carboxylic acids is 2. The fraction of sp³-hybridized carbons (Fsp3) is 0.444. The van der Waals surface area contributed by atoms with Crippen LogP contribution in [0.3, 0.4) is 0 Å². The highest BCUT2D eigenvalue weighted by Crippen LogP contribution is 2.31. The van der Waals surface area contributed by atoms with Gasteiger partial charge in [0.15, 0.2) is 6.10 Å². The van der Waals surface area contributed by atoms with Gasteiger partial charge in [-0.25, -0.2) is 4.79 Å². The average Bonchev–Trinajstić information content (AvgIpc) is 3.13. The Kier molecular flexibility index (Phi) is 7.18. The van der Waals surface area contributed by atoms with Crippen LogP contribution in [0.15, 0.2) is 34.9 Å². The smallest absolute Gasteiger partial charge is 0.452 e. The fourth-order valence-corrected chi connectivity index (χ4v) is 2.42. The van der Waals surface area contributed by atoms with E-state index in [1.807, 2.05) is 6.07 Å². The number of alkyl halides is 3. The van der Waals surface area contributed by atoms with E-state index in [2.05, 4.69) is 20.0 Å². The molecular formula is C18H20F3N3O5. The second-order valence-electron chi connectivity index (χ2n) is 6.46.